The Morgan fingerprint density at radius 1 is 1.32 bits per heavy atom. The predicted octanol–water partition coefficient (Wildman–Crippen LogP) is 0.776. The number of rotatable bonds is 4. The van der Waals surface area contributed by atoms with E-state index in [0.29, 0.717) is 6.54 Å². The van der Waals surface area contributed by atoms with Crippen molar-refractivity contribution in [2.75, 3.05) is 0 Å². The highest BCUT2D eigenvalue weighted by molar-refractivity contribution is 7.09. The molecular formula is C14H16NO3S-. The summed E-state index contributed by atoms with van der Waals surface area (Å²) in [5.74, 6) is -1.76. The zero-order valence-electron chi connectivity index (χ0n) is 10.5. The average molecular weight is 278 g/mol. The number of amides is 1. The van der Waals surface area contributed by atoms with Crippen molar-refractivity contribution in [3.63, 3.8) is 0 Å². The zero-order valence-corrected chi connectivity index (χ0v) is 11.3. The van der Waals surface area contributed by atoms with Crippen LogP contribution in [0.2, 0.25) is 0 Å². The number of hydrogen-bond donors (Lipinski definition) is 1. The predicted molar refractivity (Wildman–Crippen MR) is 69.0 cm³/mol. The van der Waals surface area contributed by atoms with E-state index in [-0.39, 0.29) is 23.7 Å². The monoisotopic (exact) mass is 278 g/mol. The lowest BCUT2D eigenvalue weighted by atomic mass is 9.79. The van der Waals surface area contributed by atoms with Crippen LogP contribution in [0.15, 0.2) is 17.5 Å². The van der Waals surface area contributed by atoms with E-state index in [1.165, 1.54) is 0 Å². The van der Waals surface area contributed by atoms with Gasteiger partial charge in [0, 0.05) is 22.7 Å². The molecule has 2 aliphatic rings. The Morgan fingerprint density at radius 2 is 2.05 bits per heavy atom. The van der Waals surface area contributed by atoms with Gasteiger partial charge < -0.3 is 15.2 Å². The quantitative estimate of drug-likeness (QED) is 0.884. The molecule has 3 rings (SSSR count). The van der Waals surface area contributed by atoms with Gasteiger partial charge in [-0.3, -0.25) is 4.79 Å². The molecular weight excluding hydrogens is 262 g/mol. The first-order valence-corrected chi connectivity index (χ1v) is 7.55. The number of fused-ring (bicyclic) bond motifs is 2. The van der Waals surface area contributed by atoms with E-state index in [1.54, 1.807) is 11.3 Å². The Hall–Kier alpha value is -1.36. The summed E-state index contributed by atoms with van der Waals surface area (Å²) in [6.07, 6.45) is 2.78. The van der Waals surface area contributed by atoms with Gasteiger partial charge in [-0.05, 0) is 42.5 Å². The van der Waals surface area contributed by atoms with Gasteiger partial charge in [0.15, 0.2) is 0 Å². The number of carboxylic acids is 1. The van der Waals surface area contributed by atoms with E-state index in [1.807, 2.05) is 17.5 Å². The van der Waals surface area contributed by atoms with Crippen LogP contribution in [0.5, 0.6) is 0 Å². The molecule has 4 nitrogen and oxygen atoms in total. The largest absolute Gasteiger partial charge is 0.550 e. The highest BCUT2D eigenvalue weighted by Crippen LogP contribution is 2.52. The molecule has 1 aromatic heterocycles. The van der Waals surface area contributed by atoms with Crippen LogP contribution < -0.4 is 10.4 Å². The van der Waals surface area contributed by atoms with Crippen LogP contribution in [0.3, 0.4) is 0 Å². The maximum atomic E-state index is 12.2. The Morgan fingerprint density at radius 3 is 2.68 bits per heavy atom. The first-order valence-electron chi connectivity index (χ1n) is 6.67. The van der Waals surface area contributed by atoms with Crippen LogP contribution in [0.4, 0.5) is 0 Å². The Kier molecular flexibility index (Phi) is 3.31. The maximum Gasteiger partial charge on any atom is 0.224 e. The maximum absolute atomic E-state index is 12.2. The third-order valence-corrected chi connectivity index (χ3v) is 5.38. The van der Waals surface area contributed by atoms with Gasteiger partial charge in [-0.1, -0.05) is 6.07 Å². The topological polar surface area (TPSA) is 69.2 Å². The standard InChI is InChI=1S/C14H17NO3S/c16-13(15-7-10-2-1-5-19-10)11-8-3-4-9(6-8)12(11)14(17)18/h1-2,5,8-9,11-12H,3-4,6-7H2,(H,15,16)(H,17,18)/p-1/t8-,9+,11+,12+/m1/s1. The van der Waals surface area contributed by atoms with Gasteiger partial charge in [0.1, 0.15) is 0 Å². The molecule has 2 aliphatic carbocycles. The van der Waals surface area contributed by atoms with Crippen LogP contribution in [-0.4, -0.2) is 11.9 Å². The Bertz CT molecular complexity index is 485. The molecule has 2 saturated carbocycles. The molecule has 0 aliphatic heterocycles. The molecule has 1 aromatic rings. The minimum absolute atomic E-state index is 0.116. The molecule has 1 heterocycles. The molecule has 0 radical (unpaired) electrons. The fourth-order valence-corrected chi connectivity index (χ4v) is 4.36. The van der Waals surface area contributed by atoms with Crippen molar-refractivity contribution in [3.05, 3.63) is 22.4 Å². The molecule has 0 aromatic carbocycles. The van der Waals surface area contributed by atoms with E-state index in [0.717, 1.165) is 24.1 Å². The number of nitrogens with one attached hydrogen (secondary N) is 1. The number of carboxylic acid groups (broad SMARTS) is 1. The summed E-state index contributed by atoms with van der Waals surface area (Å²) in [5.41, 5.74) is 0. The smallest absolute Gasteiger partial charge is 0.224 e. The van der Waals surface area contributed by atoms with Gasteiger partial charge in [0.05, 0.1) is 6.54 Å². The van der Waals surface area contributed by atoms with E-state index >= 15 is 0 Å². The SMILES string of the molecule is O=C([O-])[C@H]1[C@H]2CC[C@H](C2)[C@@H]1C(=O)NCc1cccs1. The Balaban J connectivity index is 1.66. The molecule has 4 atom stereocenters. The molecule has 1 amide bonds. The van der Waals surface area contributed by atoms with E-state index in [9.17, 15) is 14.7 Å². The van der Waals surface area contributed by atoms with Crippen molar-refractivity contribution in [1.82, 2.24) is 5.32 Å². The number of hydrogen-bond acceptors (Lipinski definition) is 4. The number of aliphatic carboxylic acids is 1. The lowest BCUT2D eigenvalue weighted by Crippen LogP contribution is -2.45. The second-order valence-corrected chi connectivity index (χ2v) is 6.53. The van der Waals surface area contributed by atoms with E-state index in [4.69, 9.17) is 0 Å². The third kappa shape index (κ3) is 2.27. The molecule has 102 valence electrons. The summed E-state index contributed by atoms with van der Waals surface area (Å²) >= 11 is 1.59. The molecule has 0 saturated heterocycles. The van der Waals surface area contributed by atoms with Crippen LogP contribution in [-0.2, 0) is 16.1 Å². The van der Waals surface area contributed by atoms with Crippen LogP contribution in [0.1, 0.15) is 24.1 Å². The molecule has 2 fully saturated rings. The molecule has 19 heavy (non-hydrogen) atoms. The van der Waals surface area contributed by atoms with Crippen LogP contribution in [0, 0.1) is 23.7 Å². The highest BCUT2D eigenvalue weighted by Gasteiger charge is 2.51. The fraction of sp³-hybridized carbons (Fsp3) is 0.571. The van der Waals surface area contributed by atoms with Gasteiger partial charge in [-0.15, -0.1) is 11.3 Å². The van der Waals surface area contributed by atoms with E-state index in [2.05, 4.69) is 5.32 Å². The summed E-state index contributed by atoms with van der Waals surface area (Å²) in [6, 6.07) is 3.90. The summed E-state index contributed by atoms with van der Waals surface area (Å²) in [7, 11) is 0. The summed E-state index contributed by atoms with van der Waals surface area (Å²) in [6.45, 7) is 0.490. The molecule has 1 N–H and O–H groups in total. The minimum Gasteiger partial charge on any atom is -0.550 e. The first kappa shape index (κ1) is 12.7. The molecule has 0 unspecified atom stereocenters. The lowest BCUT2D eigenvalue weighted by Gasteiger charge is -2.30. The lowest BCUT2D eigenvalue weighted by molar-refractivity contribution is -0.314. The van der Waals surface area contributed by atoms with Crippen molar-refractivity contribution in [3.8, 4) is 0 Å². The fourth-order valence-electron chi connectivity index (χ4n) is 3.71. The van der Waals surface area contributed by atoms with Gasteiger partial charge >= 0.3 is 0 Å². The summed E-state index contributed by atoms with van der Waals surface area (Å²) in [5, 5.41) is 16.1. The Labute approximate surface area is 115 Å². The second kappa shape index (κ2) is 4.96. The number of thiophene rings is 1. The molecule has 2 bridgehead atoms. The number of carbonyl (C=O) groups is 2. The number of carbonyl (C=O) groups excluding carboxylic acids is 2. The summed E-state index contributed by atoms with van der Waals surface area (Å²) in [4.78, 5) is 24.6. The zero-order chi connectivity index (χ0) is 13.4. The second-order valence-electron chi connectivity index (χ2n) is 5.50. The van der Waals surface area contributed by atoms with Crippen molar-refractivity contribution in [1.29, 1.82) is 0 Å². The normalized spacial score (nSPS) is 32.4. The summed E-state index contributed by atoms with van der Waals surface area (Å²) < 4.78 is 0. The van der Waals surface area contributed by atoms with Gasteiger partial charge in [-0.2, -0.15) is 0 Å². The van der Waals surface area contributed by atoms with Crippen LogP contribution in [0.25, 0.3) is 0 Å². The molecule has 0 spiro atoms. The van der Waals surface area contributed by atoms with Gasteiger partial charge in [-0.25, -0.2) is 0 Å². The molecule has 5 heteroatoms. The van der Waals surface area contributed by atoms with Crippen molar-refractivity contribution >= 4 is 23.2 Å². The van der Waals surface area contributed by atoms with Crippen LogP contribution >= 0.6 is 11.3 Å². The minimum atomic E-state index is -1.05. The average Bonchev–Trinajstić information content (AvgIpc) is 3.10. The van der Waals surface area contributed by atoms with Gasteiger partial charge in [0.2, 0.25) is 5.91 Å². The highest BCUT2D eigenvalue weighted by atomic mass is 32.1. The van der Waals surface area contributed by atoms with Crippen molar-refractivity contribution in [2.45, 2.75) is 25.8 Å². The van der Waals surface area contributed by atoms with Crippen molar-refractivity contribution in [2.24, 2.45) is 23.7 Å². The van der Waals surface area contributed by atoms with Crippen molar-refractivity contribution < 1.29 is 14.7 Å². The van der Waals surface area contributed by atoms with E-state index < -0.39 is 11.9 Å². The third-order valence-electron chi connectivity index (χ3n) is 4.51. The van der Waals surface area contributed by atoms with Gasteiger partial charge in [0.25, 0.3) is 0 Å². The first-order chi connectivity index (χ1) is 9.16.